The molecule has 4 N–H and O–H groups in total. The highest BCUT2D eigenvalue weighted by molar-refractivity contribution is 6.76. The van der Waals surface area contributed by atoms with E-state index in [1.165, 1.54) is 19.1 Å². The molecule has 8 heterocycles. The number of ether oxygens (including phenoxy) is 1. The van der Waals surface area contributed by atoms with Crippen molar-refractivity contribution in [1.82, 2.24) is 34.4 Å². The third-order valence-corrected chi connectivity index (χ3v) is 17.6. The first-order valence-electron chi connectivity index (χ1n) is 26.2. The number of imide groups is 2. The van der Waals surface area contributed by atoms with Crippen molar-refractivity contribution in [2.75, 3.05) is 86.1 Å². The van der Waals surface area contributed by atoms with Crippen LogP contribution < -0.4 is 26.2 Å². The van der Waals surface area contributed by atoms with Crippen LogP contribution in [0.3, 0.4) is 0 Å². The van der Waals surface area contributed by atoms with Gasteiger partial charge in [-0.1, -0.05) is 25.7 Å². The zero-order chi connectivity index (χ0) is 53.3. The number of carbonyl (C=O) groups excluding carboxylic acids is 6. The first-order valence-corrected chi connectivity index (χ1v) is 29.9. The molecule has 0 saturated carbocycles. The number of rotatable bonds is 14. The fraction of sp³-hybridized carbons (Fsp3) is 0.418. The van der Waals surface area contributed by atoms with Crippen molar-refractivity contribution in [1.29, 1.82) is 0 Å². The van der Waals surface area contributed by atoms with Gasteiger partial charge in [0.15, 0.2) is 0 Å². The summed E-state index contributed by atoms with van der Waals surface area (Å²) in [5, 5.41) is 10.8. The molecule has 396 valence electrons. The minimum atomic E-state index is -1.38. The Hall–Kier alpha value is -7.33. The SMILES string of the molecule is Cc1cccc(NC(=O)c2ccc(-c3nn4c(c3C(N)=O)Nc3ccc(N5CCN(C6CN(C7CN(c8ccc9c(c8)C(=O)N(C8CCC(=O)N(COCC[Si](C)(C)C)C8=O)C9=O)C7)C6)CC5)cc3CC4)c(F)c2C)n1. The average molecular weight is 1050 g/mol. The van der Waals surface area contributed by atoms with Crippen LogP contribution in [0.4, 0.5) is 33.1 Å². The highest BCUT2D eigenvalue weighted by Gasteiger charge is 2.48. The van der Waals surface area contributed by atoms with Gasteiger partial charge in [-0.3, -0.25) is 48.4 Å². The van der Waals surface area contributed by atoms with E-state index in [2.05, 4.69) is 67.0 Å². The molecule has 6 aliphatic heterocycles. The Morgan fingerprint density at radius 1 is 0.816 bits per heavy atom. The lowest BCUT2D eigenvalue weighted by Crippen LogP contribution is -2.71. The first kappa shape index (κ1) is 50.8. The molecule has 3 aromatic carbocycles. The van der Waals surface area contributed by atoms with Crippen LogP contribution in [0.2, 0.25) is 25.7 Å². The topological polar surface area (TPSA) is 212 Å². The summed E-state index contributed by atoms with van der Waals surface area (Å²) in [5.41, 5.74) is 11.6. The van der Waals surface area contributed by atoms with Crippen LogP contribution in [0.5, 0.6) is 0 Å². The maximum atomic E-state index is 16.2. The van der Waals surface area contributed by atoms with Gasteiger partial charge < -0.3 is 30.9 Å². The Bertz CT molecular complexity index is 3210. The van der Waals surface area contributed by atoms with E-state index in [4.69, 9.17) is 15.6 Å². The summed E-state index contributed by atoms with van der Waals surface area (Å²) in [5.74, 6) is -3.14. The van der Waals surface area contributed by atoms with Gasteiger partial charge >= 0.3 is 0 Å². The Kier molecular flexibility index (Phi) is 13.4. The van der Waals surface area contributed by atoms with Gasteiger partial charge in [-0.15, -0.1) is 0 Å². The van der Waals surface area contributed by atoms with Crippen LogP contribution >= 0.6 is 0 Å². The third-order valence-electron chi connectivity index (χ3n) is 15.9. The van der Waals surface area contributed by atoms with Gasteiger partial charge in [0.25, 0.3) is 29.5 Å². The molecule has 1 unspecified atom stereocenters. The first-order chi connectivity index (χ1) is 36.4. The number of amides is 6. The fourth-order valence-corrected chi connectivity index (χ4v) is 12.0. The second-order valence-electron chi connectivity index (χ2n) is 22.1. The van der Waals surface area contributed by atoms with Gasteiger partial charge in [-0.25, -0.2) is 14.1 Å². The number of likely N-dealkylation sites (tertiary alicyclic amines) is 2. The number of aryl methyl sites for hydroxylation is 3. The summed E-state index contributed by atoms with van der Waals surface area (Å²) in [4.78, 5) is 96.1. The maximum Gasteiger partial charge on any atom is 0.262 e. The number of primary amides is 1. The quantitative estimate of drug-likeness (QED) is 0.0716. The number of nitrogens with zero attached hydrogens (tertiary/aromatic N) is 9. The lowest BCUT2D eigenvalue weighted by Gasteiger charge is -2.55. The molecule has 4 saturated heterocycles. The second-order valence-corrected chi connectivity index (χ2v) is 27.7. The molecular formula is C55H63FN12O7Si. The van der Waals surface area contributed by atoms with E-state index in [0.29, 0.717) is 43.3 Å². The number of carbonyl (C=O) groups is 6. The summed E-state index contributed by atoms with van der Waals surface area (Å²) < 4.78 is 23.6. The molecule has 0 radical (unpaired) electrons. The molecular weight excluding hydrogens is 988 g/mol. The molecule has 0 spiro atoms. The van der Waals surface area contributed by atoms with Crippen LogP contribution in [-0.4, -0.2) is 162 Å². The molecule has 6 amide bonds. The number of aromatic nitrogens is 3. The summed E-state index contributed by atoms with van der Waals surface area (Å²) in [6, 6.07) is 20.5. The van der Waals surface area contributed by atoms with Crippen LogP contribution in [0.1, 0.15) is 71.1 Å². The van der Waals surface area contributed by atoms with E-state index in [-0.39, 0.29) is 64.6 Å². The van der Waals surface area contributed by atoms with Crippen molar-refractivity contribution in [3.8, 4) is 11.3 Å². The number of fused-ring (bicyclic) bond motifs is 3. The number of pyridine rings is 1. The number of piperazine rings is 1. The lowest BCUT2D eigenvalue weighted by molar-refractivity contribution is -0.158. The standard InChI is InChI=1S/C55H63FN12O7Si/c1-32-7-6-8-45(58-32)60-52(71)39-12-13-41(48(56)33(39)2)49-47(50(57)70)51-59-43-14-10-35(25-34(43)17-18-67(51)61-49)62-19-21-63(22-20-62)37-27-65(28-37)38-29-64(30-38)36-9-11-40-42(26-36)54(73)68(53(40)72)44-15-16-46(69)66(55(44)74)31-75-23-24-76(3,4)5/h6-14,25-26,37-38,44,59H,15-24,27-31H2,1-5H3,(H2,57,70)(H,58,60,71). The van der Waals surface area contributed by atoms with Gasteiger partial charge in [-0.2, -0.15) is 5.10 Å². The smallest absolute Gasteiger partial charge is 0.262 e. The van der Waals surface area contributed by atoms with Crippen molar-refractivity contribution < 1.29 is 37.9 Å². The average Bonchev–Trinajstić information content (AvgIpc) is 3.81. The molecule has 11 rings (SSSR count). The highest BCUT2D eigenvalue weighted by Crippen LogP contribution is 2.39. The van der Waals surface area contributed by atoms with E-state index >= 15 is 4.39 Å². The van der Waals surface area contributed by atoms with E-state index in [1.54, 1.807) is 28.9 Å². The number of benzene rings is 3. The van der Waals surface area contributed by atoms with E-state index in [1.807, 2.05) is 25.1 Å². The predicted molar refractivity (Wildman–Crippen MR) is 287 cm³/mol. The number of hydrogen-bond acceptors (Lipinski definition) is 14. The normalized spacial score (nSPS) is 19.5. The molecule has 0 bridgehead atoms. The van der Waals surface area contributed by atoms with Crippen molar-refractivity contribution in [2.24, 2.45) is 5.73 Å². The third kappa shape index (κ3) is 9.53. The zero-order valence-corrected chi connectivity index (χ0v) is 44.5. The molecule has 4 fully saturated rings. The molecule has 2 aromatic heterocycles. The second kappa shape index (κ2) is 20.0. The Morgan fingerprint density at radius 2 is 1.53 bits per heavy atom. The van der Waals surface area contributed by atoms with Crippen LogP contribution in [-0.2, 0) is 27.3 Å². The number of halogens is 1. The van der Waals surface area contributed by atoms with Gasteiger partial charge in [0.1, 0.15) is 41.5 Å². The van der Waals surface area contributed by atoms with Crippen LogP contribution in [0, 0.1) is 19.7 Å². The summed E-state index contributed by atoms with van der Waals surface area (Å²) in [6.45, 7) is 17.9. The molecule has 5 aromatic rings. The van der Waals surface area contributed by atoms with Crippen molar-refractivity contribution in [3.63, 3.8) is 0 Å². The van der Waals surface area contributed by atoms with Gasteiger partial charge in [-0.05, 0) is 105 Å². The van der Waals surface area contributed by atoms with Crippen LogP contribution in [0.15, 0.2) is 66.7 Å². The monoisotopic (exact) mass is 1050 g/mol. The minimum absolute atomic E-state index is 0.0504. The number of nitrogens with two attached hydrogens (primary N) is 1. The lowest BCUT2D eigenvalue weighted by atomic mass is 9.97. The predicted octanol–water partition coefficient (Wildman–Crippen LogP) is 5.47. The van der Waals surface area contributed by atoms with E-state index in [0.717, 1.165) is 96.5 Å². The van der Waals surface area contributed by atoms with Crippen molar-refractivity contribution in [3.05, 3.63) is 112 Å². The summed E-state index contributed by atoms with van der Waals surface area (Å²) >= 11 is 0. The Morgan fingerprint density at radius 3 is 2.26 bits per heavy atom. The van der Waals surface area contributed by atoms with E-state index in [9.17, 15) is 28.8 Å². The molecule has 6 aliphatic rings. The largest absolute Gasteiger partial charge is 0.369 e. The molecule has 76 heavy (non-hydrogen) atoms. The van der Waals surface area contributed by atoms with Crippen molar-refractivity contribution in [2.45, 2.75) is 83.5 Å². The number of nitrogens with one attached hydrogen (secondary N) is 2. The Labute approximate surface area is 441 Å². The van der Waals surface area contributed by atoms with Crippen LogP contribution in [0.25, 0.3) is 11.3 Å². The fourth-order valence-electron chi connectivity index (χ4n) is 11.3. The molecule has 0 aliphatic carbocycles. The molecule has 1 atom stereocenters. The number of hydrogen-bond donors (Lipinski definition) is 3. The Balaban J connectivity index is 0.662. The van der Waals surface area contributed by atoms with Crippen molar-refractivity contribution >= 4 is 72.2 Å². The molecule has 21 heteroatoms. The number of anilines is 5. The summed E-state index contributed by atoms with van der Waals surface area (Å²) in [6.07, 6.45) is 0.753. The summed E-state index contributed by atoms with van der Waals surface area (Å²) in [7, 11) is -1.38. The van der Waals surface area contributed by atoms with Gasteiger partial charge in [0, 0.05) is 126 Å². The van der Waals surface area contributed by atoms with E-state index < -0.39 is 49.5 Å². The minimum Gasteiger partial charge on any atom is -0.369 e. The van der Waals surface area contributed by atoms with Gasteiger partial charge in [0.2, 0.25) is 5.91 Å². The molecule has 19 nitrogen and oxygen atoms in total. The zero-order valence-electron chi connectivity index (χ0n) is 43.5. The van der Waals surface area contributed by atoms with Gasteiger partial charge in [0.05, 0.1) is 11.1 Å². The maximum absolute atomic E-state index is 16.2. The highest BCUT2D eigenvalue weighted by atomic mass is 28.3. The number of piperidine rings is 1.